The zero-order valence-corrected chi connectivity index (χ0v) is 12.2. The lowest BCUT2D eigenvalue weighted by atomic mass is 10.1. The van der Waals surface area contributed by atoms with E-state index in [0.717, 1.165) is 0 Å². The Hall–Kier alpha value is -2.37. The van der Waals surface area contributed by atoms with E-state index in [2.05, 4.69) is 5.32 Å². The van der Waals surface area contributed by atoms with Crippen molar-refractivity contribution in [2.75, 3.05) is 20.1 Å². The molecule has 1 atom stereocenters. The summed E-state index contributed by atoms with van der Waals surface area (Å²) in [6, 6.07) is 8.66. The molecule has 6 nitrogen and oxygen atoms in total. The molecule has 0 saturated carbocycles. The van der Waals surface area contributed by atoms with Gasteiger partial charge in [-0.05, 0) is 18.6 Å². The minimum Gasteiger partial charge on any atom is -0.481 e. The predicted molar refractivity (Wildman–Crippen MR) is 77.8 cm³/mol. The van der Waals surface area contributed by atoms with Crippen LogP contribution in [0.5, 0.6) is 0 Å². The van der Waals surface area contributed by atoms with Crippen LogP contribution in [0.3, 0.4) is 0 Å². The fourth-order valence-corrected chi connectivity index (χ4v) is 1.79. The molecule has 0 spiro atoms. The lowest BCUT2D eigenvalue weighted by molar-refractivity contribution is -0.141. The van der Waals surface area contributed by atoms with E-state index in [9.17, 15) is 14.4 Å². The number of carboxylic acids is 1. The molecule has 0 aliphatic heterocycles. The summed E-state index contributed by atoms with van der Waals surface area (Å²) in [6.45, 7) is 1.71. The first kappa shape index (κ1) is 16.7. The minimum absolute atomic E-state index is 0.0675. The average Bonchev–Trinajstić information content (AvgIpc) is 2.47. The zero-order valence-electron chi connectivity index (χ0n) is 12.2. The summed E-state index contributed by atoms with van der Waals surface area (Å²) < 4.78 is 0. The fraction of sp³-hybridized carbons (Fsp3) is 0.400. The highest BCUT2D eigenvalue weighted by Crippen LogP contribution is 2.03. The SMILES string of the molecule is CCC(CNC(=O)CN(C)C(=O)c1ccccc1)C(=O)O. The minimum atomic E-state index is -0.938. The molecule has 0 radical (unpaired) electrons. The van der Waals surface area contributed by atoms with Crippen molar-refractivity contribution in [1.29, 1.82) is 0 Å². The smallest absolute Gasteiger partial charge is 0.308 e. The van der Waals surface area contributed by atoms with Gasteiger partial charge in [0.2, 0.25) is 5.91 Å². The first-order valence-corrected chi connectivity index (χ1v) is 6.75. The Morgan fingerprint density at radius 1 is 1.24 bits per heavy atom. The summed E-state index contributed by atoms with van der Waals surface area (Å²) >= 11 is 0. The molecule has 0 saturated heterocycles. The van der Waals surface area contributed by atoms with Crippen LogP contribution >= 0.6 is 0 Å². The number of benzene rings is 1. The number of carbonyl (C=O) groups is 3. The van der Waals surface area contributed by atoms with Crippen LogP contribution in [0.2, 0.25) is 0 Å². The Labute approximate surface area is 123 Å². The number of hydrogen-bond acceptors (Lipinski definition) is 3. The molecule has 0 aliphatic rings. The van der Waals surface area contributed by atoms with Crippen LogP contribution in [0.1, 0.15) is 23.7 Å². The van der Waals surface area contributed by atoms with Gasteiger partial charge in [0.1, 0.15) is 0 Å². The fourth-order valence-electron chi connectivity index (χ4n) is 1.79. The molecule has 0 aliphatic carbocycles. The Kier molecular flexibility index (Phi) is 6.39. The third-order valence-corrected chi connectivity index (χ3v) is 3.14. The molecule has 2 N–H and O–H groups in total. The summed E-state index contributed by atoms with van der Waals surface area (Å²) in [5.41, 5.74) is 0.504. The van der Waals surface area contributed by atoms with Gasteiger partial charge >= 0.3 is 5.97 Å². The molecule has 1 aromatic rings. The van der Waals surface area contributed by atoms with Gasteiger partial charge in [0.15, 0.2) is 0 Å². The molecule has 1 aromatic carbocycles. The van der Waals surface area contributed by atoms with Crippen molar-refractivity contribution in [3.05, 3.63) is 35.9 Å². The van der Waals surface area contributed by atoms with Gasteiger partial charge in [-0.3, -0.25) is 14.4 Å². The maximum absolute atomic E-state index is 12.0. The zero-order chi connectivity index (χ0) is 15.8. The number of hydrogen-bond donors (Lipinski definition) is 2. The summed E-state index contributed by atoms with van der Waals surface area (Å²) in [5.74, 6) is -2.17. The third-order valence-electron chi connectivity index (χ3n) is 3.14. The van der Waals surface area contributed by atoms with Gasteiger partial charge in [-0.25, -0.2) is 0 Å². The quantitative estimate of drug-likeness (QED) is 0.784. The van der Waals surface area contributed by atoms with E-state index in [4.69, 9.17) is 5.11 Å². The lowest BCUT2D eigenvalue weighted by Crippen LogP contribution is -2.41. The summed E-state index contributed by atoms with van der Waals surface area (Å²) in [5, 5.41) is 11.4. The van der Waals surface area contributed by atoms with Crippen molar-refractivity contribution in [2.24, 2.45) is 5.92 Å². The molecule has 0 aromatic heterocycles. The van der Waals surface area contributed by atoms with Crippen molar-refractivity contribution in [2.45, 2.75) is 13.3 Å². The van der Waals surface area contributed by atoms with E-state index >= 15 is 0 Å². The van der Waals surface area contributed by atoms with Gasteiger partial charge in [0, 0.05) is 19.2 Å². The number of nitrogens with one attached hydrogen (secondary N) is 1. The highest BCUT2D eigenvalue weighted by molar-refractivity contribution is 5.96. The van der Waals surface area contributed by atoms with Crippen molar-refractivity contribution in [3.8, 4) is 0 Å². The van der Waals surface area contributed by atoms with Gasteiger partial charge in [0.25, 0.3) is 5.91 Å². The van der Waals surface area contributed by atoms with Crippen LogP contribution in [-0.2, 0) is 9.59 Å². The van der Waals surface area contributed by atoms with Crippen LogP contribution in [0.15, 0.2) is 30.3 Å². The molecule has 1 unspecified atom stereocenters. The molecular formula is C15H20N2O4. The highest BCUT2D eigenvalue weighted by Gasteiger charge is 2.18. The van der Waals surface area contributed by atoms with Crippen LogP contribution < -0.4 is 5.32 Å². The first-order chi connectivity index (χ1) is 9.95. The van der Waals surface area contributed by atoms with Gasteiger partial charge in [-0.1, -0.05) is 25.1 Å². The molecule has 1 rings (SSSR count). The van der Waals surface area contributed by atoms with Crippen LogP contribution in [0.25, 0.3) is 0 Å². The number of likely N-dealkylation sites (N-methyl/N-ethyl adjacent to an activating group) is 1. The van der Waals surface area contributed by atoms with Gasteiger partial charge in [-0.15, -0.1) is 0 Å². The normalized spacial score (nSPS) is 11.5. The molecule has 0 heterocycles. The molecule has 6 heteroatoms. The second-order valence-corrected chi connectivity index (χ2v) is 4.77. The van der Waals surface area contributed by atoms with Gasteiger partial charge in [0.05, 0.1) is 12.5 Å². The molecular weight excluding hydrogens is 272 g/mol. The predicted octanol–water partition coefficient (Wildman–Crippen LogP) is 0.986. The van der Waals surface area contributed by atoms with Crippen molar-refractivity contribution < 1.29 is 19.5 Å². The number of amides is 2. The summed E-state index contributed by atoms with van der Waals surface area (Å²) in [7, 11) is 1.53. The maximum atomic E-state index is 12.0. The van der Waals surface area contributed by atoms with Gasteiger partial charge < -0.3 is 15.3 Å². The van der Waals surface area contributed by atoms with Crippen molar-refractivity contribution >= 4 is 17.8 Å². The summed E-state index contributed by atoms with van der Waals surface area (Å²) in [4.78, 5) is 35.9. The molecule has 0 fully saturated rings. The number of rotatable bonds is 7. The van der Waals surface area contributed by atoms with E-state index in [1.807, 2.05) is 0 Å². The van der Waals surface area contributed by atoms with E-state index < -0.39 is 11.9 Å². The number of aliphatic carboxylic acids is 1. The second kappa shape index (κ2) is 8.04. The van der Waals surface area contributed by atoms with Crippen LogP contribution in [0, 0.1) is 5.92 Å². The topological polar surface area (TPSA) is 86.7 Å². The first-order valence-electron chi connectivity index (χ1n) is 6.75. The Bertz CT molecular complexity index is 502. The Morgan fingerprint density at radius 2 is 1.86 bits per heavy atom. The van der Waals surface area contributed by atoms with Gasteiger partial charge in [-0.2, -0.15) is 0 Å². The van der Waals surface area contributed by atoms with E-state index in [1.54, 1.807) is 37.3 Å². The number of carbonyl (C=O) groups excluding carboxylic acids is 2. The Balaban J connectivity index is 2.47. The highest BCUT2D eigenvalue weighted by atomic mass is 16.4. The lowest BCUT2D eigenvalue weighted by Gasteiger charge is -2.18. The van der Waals surface area contributed by atoms with Crippen molar-refractivity contribution in [1.82, 2.24) is 10.2 Å². The Morgan fingerprint density at radius 3 is 2.38 bits per heavy atom. The number of carboxylic acid groups (broad SMARTS) is 1. The van der Waals surface area contributed by atoms with E-state index in [-0.39, 0.29) is 24.9 Å². The van der Waals surface area contributed by atoms with E-state index in [0.29, 0.717) is 12.0 Å². The van der Waals surface area contributed by atoms with Crippen LogP contribution in [0.4, 0.5) is 0 Å². The monoisotopic (exact) mass is 292 g/mol. The second-order valence-electron chi connectivity index (χ2n) is 4.77. The molecule has 114 valence electrons. The van der Waals surface area contributed by atoms with Crippen molar-refractivity contribution in [3.63, 3.8) is 0 Å². The molecule has 2 amide bonds. The summed E-state index contributed by atoms with van der Waals surface area (Å²) in [6.07, 6.45) is 0.439. The molecule has 0 bridgehead atoms. The average molecular weight is 292 g/mol. The third kappa shape index (κ3) is 5.25. The standard InChI is InChI=1S/C15H20N2O4/c1-3-11(15(20)21)9-16-13(18)10-17(2)14(19)12-7-5-4-6-8-12/h4-8,11H,3,9-10H2,1-2H3,(H,16,18)(H,20,21). The van der Waals surface area contributed by atoms with Crippen LogP contribution in [-0.4, -0.2) is 47.9 Å². The maximum Gasteiger partial charge on any atom is 0.308 e. The number of nitrogens with zero attached hydrogens (tertiary/aromatic N) is 1. The molecule has 21 heavy (non-hydrogen) atoms. The van der Waals surface area contributed by atoms with E-state index in [1.165, 1.54) is 11.9 Å². The largest absolute Gasteiger partial charge is 0.481 e.